The summed E-state index contributed by atoms with van der Waals surface area (Å²) in [7, 11) is 1.53. The van der Waals surface area contributed by atoms with E-state index >= 15 is 0 Å². The number of aromatic hydroxyl groups is 1. The molecule has 3 aromatic rings. The van der Waals surface area contributed by atoms with Gasteiger partial charge in [-0.15, -0.1) is 0 Å². The lowest BCUT2D eigenvalue weighted by Gasteiger charge is -2.28. The summed E-state index contributed by atoms with van der Waals surface area (Å²) in [5.41, 5.74) is 0.928. The Balaban J connectivity index is 2.15. The summed E-state index contributed by atoms with van der Waals surface area (Å²) in [6.07, 6.45) is 0. The highest BCUT2D eigenvalue weighted by molar-refractivity contribution is 6.31. The second-order valence-electron chi connectivity index (χ2n) is 6.14. The number of phenolic OH excluding ortho intramolecular Hbond substituents is 1. The molecule has 0 amide bonds. The Kier molecular flexibility index (Phi) is 4.12. The summed E-state index contributed by atoms with van der Waals surface area (Å²) in [6.45, 7) is 0. The van der Waals surface area contributed by atoms with Gasteiger partial charge in [-0.2, -0.15) is 0 Å². The van der Waals surface area contributed by atoms with Crippen molar-refractivity contribution in [2.45, 2.75) is 5.92 Å². The van der Waals surface area contributed by atoms with Crippen LogP contribution in [0.2, 0.25) is 5.02 Å². The molecule has 4 rings (SSSR count). The molecular weight excluding hydrogens is 368 g/mol. The Morgan fingerprint density at radius 1 is 1.19 bits per heavy atom. The molecular formula is C20H15ClN2O4. The maximum atomic E-state index is 12.0. The highest BCUT2D eigenvalue weighted by Crippen LogP contribution is 2.51. The summed E-state index contributed by atoms with van der Waals surface area (Å²) in [5, 5.41) is 27.2. The molecule has 0 bridgehead atoms. The molecule has 0 aliphatic carbocycles. The summed E-state index contributed by atoms with van der Waals surface area (Å²) in [6, 6.07) is 15.9. The predicted molar refractivity (Wildman–Crippen MR) is 103 cm³/mol. The van der Waals surface area contributed by atoms with E-state index in [1.54, 1.807) is 30.3 Å². The van der Waals surface area contributed by atoms with Gasteiger partial charge >= 0.3 is 5.70 Å². The predicted octanol–water partition coefficient (Wildman–Crippen LogP) is 4.39. The van der Waals surface area contributed by atoms with E-state index in [0.29, 0.717) is 16.1 Å². The zero-order chi connectivity index (χ0) is 19.1. The first-order valence-electron chi connectivity index (χ1n) is 8.26. The van der Waals surface area contributed by atoms with Gasteiger partial charge in [0.2, 0.25) is 0 Å². The number of hydrogen-bond donors (Lipinski definition) is 2. The zero-order valence-corrected chi connectivity index (χ0v) is 15.0. The number of benzene rings is 3. The molecule has 0 saturated carbocycles. The van der Waals surface area contributed by atoms with E-state index in [1.807, 2.05) is 24.3 Å². The van der Waals surface area contributed by atoms with Crippen LogP contribution in [-0.4, -0.2) is 17.1 Å². The number of rotatable bonds is 3. The SMILES string of the molecule is CNC1=C([N+](=O)[O-])C(c2ccccc2Cl)c2c(c(O)cc3ccccc23)O1. The van der Waals surface area contributed by atoms with Gasteiger partial charge in [-0.05, 0) is 28.5 Å². The van der Waals surface area contributed by atoms with Crippen molar-refractivity contribution < 1.29 is 14.8 Å². The Hall–Kier alpha value is -3.25. The summed E-state index contributed by atoms with van der Waals surface area (Å²) < 4.78 is 5.72. The topological polar surface area (TPSA) is 84.6 Å². The molecule has 1 heterocycles. The van der Waals surface area contributed by atoms with Crippen molar-refractivity contribution in [1.29, 1.82) is 0 Å². The van der Waals surface area contributed by atoms with E-state index in [0.717, 1.165) is 10.8 Å². The van der Waals surface area contributed by atoms with Crippen molar-refractivity contribution in [3.8, 4) is 11.5 Å². The minimum atomic E-state index is -0.808. The summed E-state index contributed by atoms with van der Waals surface area (Å²) in [4.78, 5) is 11.5. The lowest BCUT2D eigenvalue weighted by molar-refractivity contribution is -0.432. The molecule has 0 spiro atoms. The van der Waals surface area contributed by atoms with E-state index in [-0.39, 0.29) is 23.1 Å². The summed E-state index contributed by atoms with van der Waals surface area (Å²) in [5.74, 6) is -0.732. The van der Waals surface area contributed by atoms with Gasteiger partial charge in [0.05, 0.1) is 4.92 Å². The molecule has 27 heavy (non-hydrogen) atoms. The minimum absolute atomic E-state index is 0.0250. The number of nitrogens with one attached hydrogen (secondary N) is 1. The van der Waals surface area contributed by atoms with Crippen LogP contribution in [0.5, 0.6) is 11.5 Å². The molecule has 1 atom stereocenters. The molecule has 6 nitrogen and oxygen atoms in total. The Bertz CT molecular complexity index is 1110. The fourth-order valence-electron chi connectivity index (χ4n) is 3.54. The summed E-state index contributed by atoms with van der Waals surface area (Å²) >= 11 is 6.41. The van der Waals surface area contributed by atoms with Crippen LogP contribution in [0.1, 0.15) is 17.0 Å². The van der Waals surface area contributed by atoms with Gasteiger partial charge in [0.25, 0.3) is 5.88 Å². The smallest absolute Gasteiger partial charge is 0.317 e. The molecule has 0 radical (unpaired) electrons. The van der Waals surface area contributed by atoms with Crippen molar-refractivity contribution >= 4 is 22.4 Å². The van der Waals surface area contributed by atoms with Gasteiger partial charge in [-0.3, -0.25) is 10.1 Å². The second kappa shape index (κ2) is 6.48. The number of nitrogens with zero attached hydrogens (tertiary/aromatic N) is 1. The van der Waals surface area contributed by atoms with Gasteiger partial charge in [0.15, 0.2) is 11.5 Å². The van der Waals surface area contributed by atoms with Crippen LogP contribution in [0, 0.1) is 10.1 Å². The molecule has 1 aliphatic rings. The van der Waals surface area contributed by atoms with E-state index in [1.165, 1.54) is 7.05 Å². The quantitative estimate of drug-likeness (QED) is 0.518. The van der Waals surface area contributed by atoms with E-state index in [2.05, 4.69) is 5.32 Å². The first-order chi connectivity index (χ1) is 13.0. The highest BCUT2D eigenvalue weighted by atomic mass is 35.5. The van der Waals surface area contributed by atoms with Crippen molar-refractivity contribution in [2.24, 2.45) is 0 Å². The Morgan fingerprint density at radius 2 is 1.89 bits per heavy atom. The molecule has 1 aliphatic heterocycles. The molecule has 7 heteroatoms. The average molecular weight is 383 g/mol. The lowest BCUT2D eigenvalue weighted by Crippen LogP contribution is -2.28. The van der Waals surface area contributed by atoms with E-state index in [4.69, 9.17) is 16.3 Å². The largest absolute Gasteiger partial charge is 0.504 e. The van der Waals surface area contributed by atoms with Crippen molar-refractivity contribution in [2.75, 3.05) is 7.05 Å². The maximum Gasteiger partial charge on any atom is 0.317 e. The molecule has 136 valence electrons. The molecule has 2 N–H and O–H groups in total. The average Bonchev–Trinajstić information content (AvgIpc) is 2.67. The van der Waals surface area contributed by atoms with E-state index in [9.17, 15) is 15.2 Å². The van der Waals surface area contributed by atoms with Crippen LogP contribution in [0.15, 0.2) is 66.2 Å². The standard InChI is InChI=1S/C20H15ClN2O4/c1-22-20-18(23(25)26)16(13-8-4-5-9-14(13)21)17-12-7-3-2-6-11(12)10-15(24)19(17)27-20/h2-10,16,22,24H,1H3. The maximum absolute atomic E-state index is 12.0. The van der Waals surface area contributed by atoms with Crippen LogP contribution in [0.25, 0.3) is 10.8 Å². The third-order valence-corrected chi connectivity index (χ3v) is 5.00. The first-order valence-corrected chi connectivity index (χ1v) is 8.64. The Morgan fingerprint density at radius 3 is 2.59 bits per heavy atom. The number of halogens is 1. The van der Waals surface area contributed by atoms with Gasteiger partial charge in [0.1, 0.15) is 5.92 Å². The first kappa shape index (κ1) is 17.2. The number of fused-ring (bicyclic) bond motifs is 3. The number of ether oxygens (including phenoxy) is 1. The third kappa shape index (κ3) is 2.65. The normalized spacial score (nSPS) is 16.0. The molecule has 1 unspecified atom stereocenters. The van der Waals surface area contributed by atoms with Crippen molar-refractivity contribution in [3.63, 3.8) is 0 Å². The highest BCUT2D eigenvalue weighted by Gasteiger charge is 2.42. The Labute approximate surface area is 159 Å². The van der Waals surface area contributed by atoms with Gasteiger partial charge in [-0.1, -0.05) is 54.1 Å². The van der Waals surface area contributed by atoms with Crippen LogP contribution < -0.4 is 10.1 Å². The van der Waals surface area contributed by atoms with Crippen LogP contribution in [0.4, 0.5) is 0 Å². The van der Waals surface area contributed by atoms with Crippen LogP contribution >= 0.6 is 11.6 Å². The second-order valence-corrected chi connectivity index (χ2v) is 6.54. The van der Waals surface area contributed by atoms with E-state index < -0.39 is 10.8 Å². The van der Waals surface area contributed by atoms with Crippen LogP contribution in [0.3, 0.4) is 0 Å². The number of nitro groups is 1. The zero-order valence-electron chi connectivity index (χ0n) is 14.3. The number of hydrogen-bond acceptors (Lipinski definition) is 5. The van der Waals surface area contributed by atoms with Gasteiger partial charge in [0, 0.05) is 17.6 Å². The molecule has 3 aromatic carbocycles. The molecule has 0 fully saturated rings. The molecule has 0 saturated heterocycles. The lowest BCUT2D eigenvalue weighted by atomic mass is 9.83. The van der Waals surface area contributed by atoms with Gasteiger partial charge in [-0.25, -0.2) is 0 Å². The third-order valence-electron chi connectivity index (χ3n) is 4.66. The minimum Gasteiger partial charge on any atom is -0.504 e. The van der Waals surface area contributed by atoms with Crippen LogP contribution in [-0.2, 0) is 0 Å². The van der Waals surface area contributed by atoms with Crippen molar-refractivity contribution in [1.82, 2.24) is 5.32 Å². The van der Waals surface area contributed by atoms with Crippen molar-refractivity contribution in [3.05, 3.63) is 92.4 Å². The number of phenols is 1. The molecule has 0 aromatic heterocycles. The van der Waals surface area contributed by atoms with Gasteiger partial charge < -0.3 is 15.2 Å². The number of allylic oxidation sites excluding steroid dienone is 1. The fourth-order valence-corrected chi connectivity index (χ4v) is 3.78. The monoisotopic (exact) mass is 382 g/mol. The fraction of sp³-hybridized carbons (Fsp3) is 0.100.